The zero-order valence-electron chi connectivity index (χ0n) is 17.6. The molecule has 1 aliphatic heterocycles. The fourth-order valence-electron chi connectivity index (χ4n) is 3.91. The Bertz CT molecular complexity index is 903. The highest BCUT2D eigenvalue weighted by Gasteiger charge is 2.64. The monoisotopic (exact) mass is 420 g/mol. The van der Waals surface area contributed by atoms with Gasteiger partial charge in [0.15, 0.2) is 0 Å². The molecule has 0 fully saturated rings. The summed E-state index contributed by atoms with van der Waals surface area (Å²) < 4.78 is 52.0. The van der Waals surface area contributed by atoms with E-state index in [-0.39, 0.29) is 10.1 Å². The van der Waals surface area contributed by atoms with Crippen molar-refractivity contribution in [1.82, 2.24) is 0 Å². The van der Waals surface area contributed by atoms with E-state index in [4.69, 9.17) is 8.85 Å². The molecule has 0 radical (unpaired) electrons. The van der Waals surface area contributed by atoms with E-state index in [1.807, 2.05) is 24.3 Å². The Morgan fingerprint density at radius 3 is 1.83 bits per heavy atom. The van der Waals surface area contributed by atoms with Crippen LogP contribution in [0.5, 0.6) is 5.75 Å². The highest BCUT2D eigenvalue weighted by Crippen LogP contribution is 2.56. The van der Waals surface area contributed by atoms with Crippen molar-refractivity contribution in [1.29, 1.82) is 0 Å². The Balaban J connectivity index is 2.14. The molecular formula is C23H27F3O2Si. The van der Waals surface area contributed by atoms with Crippen molar-refractivity contribution in [3.05, 3.63) is 65.2 Å². The van der Waals surface area contributed by atoms with Gasteiger partial charge in [-0.1, -0.05) is 65.8 Å². The largest absolute Gasteiger partial charge is 0.511 e. The molecule has 2 aromatic rings. The molecule has 1 aliphatic rings. The molecule has 2 nitrogen and oxygen atoms in total. The van der Waals surface area contributed by atoms with Crippen molar-refractivity contribution in [2.75, 3.05) is 0 Å². The Morgan fingerprint density at radius 2 is 1.31 bits per heavy atom. The van der Waals surface area contributed by atoms with E-state index in [9.17, 15) is 13.2 Å². The number of rotatable bonds is 1. The van der Waals surface area contributed by atoms with Crippen LogP contribution in [-0.2, 0) is 10.6 Å². The topological polar surface area (TPSA) is 18.5 Å². The number of benzene rings is 2. The standard InChI is InChI=1S/C23H27F3O2Si/c1-21(2,3)29(22(4,5)6)27-19-10-8-7-9-18(19)20(28-29)15-16-11-13-17(14-12-16)23(24,25)26/h7-15H,1-6H3/b20-15-. The minimum absolute atomic E-state index is 0.238. The zero-order chi connectivity index (χ0) is 21.7. The lowest BCUT2D eigenvalue weighted by Gasteiger charge is -2.51. The third-order valence-electron chi connectivity index (χ3n) is 5.17. The van der Waals surface area contributed by atoms with Crippen molar-refractivity contribution in [2.45, 2.75) is 57.8 Å². The maximum atomic E-state index is 12.9. The normalized spacial score (nSPS) is 18.0. The van der Waals surface area contributed by atoms with Crippen molar-refractivity contribution in [2.24, 2.45) is 0 Å². The first-order valence-corrected chi connectivity index (χ1v) is 11.4. The molecule has 29 heavy (non-hydrogen) atoms. The molecule has 0 N–H and O–H groups in total. The van der Waals surface area contributed by atoms with Crippen LogP contribution >= 0.6 is 0 Å². The number of fused-ring (bicyclic) bond motifs is 1. The van der Waals surface area contributed by atoms with Gasteiger partial charge < -0.3 is 8.85 Å². The van der Waals surface area contributed by atoms with Crippen LogP contribution in [0.25, 0.3) is 11.8 Å². The third-order valence-corrected chi connectivity index (χ3v) is 10.1. The second-order valence-corrected chi connectivity index (χ2v) is 14.1. The molecule has 0 aromatic heterocycles. The second kappa shape index (κ2) is 6.94. The SMILES string of the molecule is CC(C)(C)[Si]1(C(C)(C)C)O/C(=C\c2ccc(C(F)(F)F)cc2)c2ccccc2O1. The first-order chi connectivity index (χ1) is 13.2. The smallest absolute Gasteiger partial charge is 0.471 e. The van der Waals surface area contributed by atoms with E-state index in [0.29, 0.717) is 11.3 Å². The van der Waals surface area contributed by atoms with Crippen LogP contribution in [-0.4, -0.2) is 8.56 Å². The lowest BCUT2D eigenvalue weighted by atomic mass is 10.1. The Hall–Kier alpha value is -2.21. The van der Waals surface area contributed by atoms with Crippen LogP contribution < -0.4 is 4.43 Å². The first kappa shape index (κ1) is 21.5. The fourth-order valence-corrected chi connectivity index (χ4v) is 8.39. The number of para-hydroxylation sites is 1. The fraction of sp³-hybridized carbons (Fsp3) is 0.391. The van der Waals surface area contributed by atoms with Gasteiger partial charge in [-0.2, -0.15) is 13.2 Å². The van der Waals surface area contributed by atoms with Crippen LogP contribution in [0.4, 0.5) is 13.2 Å². The summed E-state index contributed by atoms with van der Waals surface area (Å²) in [6.07, 6.45) is -2.55. The highest BCUT2D eigenvalue weighted by molar-refractivity contribution is 6.75. The summed E-state index contributed by atoms with van der Waals surface area (Å²) in [5.41, 5.74) is 0.792. The van der Waals surface area contributed by atoms with E-state index in [1.165, 1.54) is 12.1 Å². The summed E-state index contributed by atoms with van der Waals surface area (Å²) in [5.74, 6) is 1.40. The number of hydrogen-bond donors (Lipinski definition) is 0. The molecular weight excluding hydrogens is 393 g/mol. The van der Waals surface area contributed by atoms with Crippen molar-refractivity contribution in [3.63, 3.8) is 0 Å². The predicted molar refractivity (Wildman–Crippen MR) is 113 cm³/mol. The van der Waals surface area contributed by atoms with Gasteiger partial charge in [0.1, 0.15) is 11.5 Å². The summed E-state index contributed by atoms with van der Waals surface area (Å²) in [5, 5.41) is -0.476. The van der Waals surface area contributed by atoms with E-state index in [1.54, 1.807) is 6.08 Å². The van der Waals surface area contributed by atoms with E-state index in [2.05, 4.69) is 41.5 Å². The summed E-state index contributed by atoms with van der Waals surface area (Å²) in [4.78, 5) is 0. The van der Waals surface area contributed by atoms with Crippen molar-refractivity contribution < 1.29 is 22.0 Å². The molecule has 0 atom stereocenters. The zero-order valence-corrected chi connectivity index (χ0v) is 18.6. The number of alkyl halides is 3. The lowest BCUT2D eigenvalue weighted by Crippen LogP contribution is -2.60. The Kier molecular flexibility index (Phi) is 5.14. The molecule has 6 heteroatoms. The molecule has 0 unspecified atom stereocenters. The number of halogens is 3. The van der Waals surface area contributed by atoms with Crippen molar-refractivity contribution in [3.8, 4) is 5.75 Å². The molecule has 2 aromatic carbocycles. The maximum absolute atomic E-state index is 12.9. The van der Waals surface area contributed by atoms with E-state index in [0.717, 1.165) is 23.4 Å². The minimum Gasteiger partial charge on any atom is -0.511 e. The predicted octanol–water partition coefficient (Wildman–Crippen LogP) is 7.65. The molecule has 156 valence electrons. The number of hydrogen-bond acceptors (Lipinski definition) is 2. The molecule has 0 amide bonds. The molecule has 0 saturated carbocycles. The van der Waals surface area contributed by atoms with E-state index < -0.39 is 20.3 Å². The van der Waals surface area contributed by atoms with Crippen LogP contribution in [0.1, 0.15) is 58.2 Å². The van der Waals surface area contributed by atoms with Crippen LogP contribution in [0.3, 0.4) is 0 Å². The van der Waals surface area contributed by atoms with Gasteiger partial charge in [-0.15, -0.1) is 0 Å². The molecule has 0 bridgehead atoms. The quantitative estimate of drug-likeness (QED) is 0.441. The average molecular weight is 421 g/mol. The summed E-state index contributed by atoms with van der Waals surface area (Å²) >= 11 is 0. The van der Waals surface area contributed by atoms with Gasteiger partial charge in [0.05, 0.1) is 11.1 Å². The highest BCUT2D eigenvalue weighted by atomic mass is 28.4. The lowest BCUT2D eigenvalue weighted by molar-refractivity contribution is -0.137. The van der Waals surface area contributed by atoms with Gasteiger partial charge in [0.2, 0.25) is 0 Å². The molecule has 3 rings (SSSR count). The van der Waals surface area contributed by atoms with Crippen LogP contribution in [0.2, 0.25) is 10.1 Å². The van der Waals surface area contributed by atoms with Gasteiger partial charge in [-0.25, -0.2) is 0 Å². The third kappa shape index (κ3) is 3.95. The van der Waals surface area contributed by atoms with Crippen molar-refractivity contribution >= 4 is 20.4 Å². The average Bonchev–Trinajstić information content (AvgIpc) is 2.59. The Labute approximate surface area is 171 Å². The van der Waals surface area contributed by atoms with Crippen LogP contribution in [0, 0.1) is 0 Å². The molecule has 0 saturated heterocycles. The van der Waals surface area contributed by atoms with E-state index >= 15 is 0 Å². The molecule has 0 spiro atoms. The van der Waals surface area contributed by atoms with Gasteiger partial charge in [0.25, 0.3) is 0 Å². The first-order valence-electron chi connectivity index (χ1n) is 9.61. The van der Waals surface area contributed by atoms with Gasteiger partial charge in [0, 0.05) is 10.1 Å². The maximum Gasteiger partial charge on any atom is 0.471 e. The van der Waals surface area contributed by atoms with Gasteiger partial charge >= 0.3 is 14.7 Å². The van der Waals surface area contributed by atoms with Gasteiger partial charge in [-0.05, 0) is 35.9 Å². The Morgan fingerprint density at radius 1 is 0.759 bits per heavy atom. The summed E-state index contributed by atoms with van der Waals surface area (Å²) in [6.45, 7) is 12.7. The second-order valence-electron chi connectivity index (χ2n) is 9.45. The molecule has 1 heterocycles. The molecule has 0 aliphatic carbocycles. The summed E-state index contributed by atoms with van der Waals surface area (Å²) in [6, 6.07) is 12.8. The summed E-state index contributed by atoms with van der Waals surface area (Å²) in [7, 11) is -2.84. The van der Waals surface area contributed by atoms with Crippen LogP contribution in [0.15, 0.2) is 48.5 Å². The minimum atomic E-state index is -4.35. The van der Waals surface area contributed by atoms with Gasteiger partial charge in [-0.3, -0.25) is 0 Å².